The third kappa shape index (κ3) is 3.05. The Morgan fingerprint density at radius 3 is 2.71 bits per heavy atom. The number of anilines is 1. The third-order valence-electron chi connectivity index (χ3n) is 3.83. The first-order valence-electron chi connectivity index (χ1n) is 6.99. The van der Waals surface area contributed by atoms with E-state index in [4.69, 9.17) is 0 Å². The van der Waals surface area contributed by atoms with Gasteiger partial charge in [-0.05, 0) is 52.4 Å². The zero-order valence-corrected chi connectivity index (χ0v) is 14.1. The van der Waals surface area contributed by atoms with Gasteiger partial charge in [0.15, 0.2) is 0 Å². The molecule has 21 heavy (non-hydrogen) atoms. The number of carbonyl (C=O) groups excluding carboxylic acids is 1. The number of likely N-dealkylation sites (N-methyl/N-ethyl adjacent to an activating group) is 1. The van der Waals surface area contributed by atoms with Crippen LogP contribution in [0.3, 0.4) is 0 Å². The smallest absolute Gasteiger partial charge is 0.254 e. The summed E-state index contributed by atoms with van der Waals surface area (Å²) >= 11 is 2.24. The number of fused-ring (bicyclic) bond motifs is 1. The molecular formula is C17H17IN2O. The van der Waals surface area contributed by atoms with Gasteiger partial charge in [0.2, 0.25) is 0 Å². The molecule has 0 saturated carbocycles. The van der Waals surface area contributed by atoms with Crippen molar-refractivity contribution in [3.05, 3.63) is 63.2 Å². The van der Waals surface area contributed by atoms with E-state index in [0.717, 1.165) is 22.2 Å². The van der Waals surface area contributed by atoms with Crippen LogP contribution in [-0.2, 0) is 6.54 Å². The van der Waals surface area contributed by atoms with Crippen molar-refractivity contribution in [2.45, 2.75) is 6.54 Å². The molecule has 4 heteroatoms. The van der Waals surface area contributed by atoms with Crippen molar-refractivity contribution in [3.8, 4) is 0 Å². The molecule has 1 heterocycles. The van der Waals surface area contributed by atoms with E-state index in [1.54, 1.807) is 0 Å². The minimum absolute atomic E-state index is 0.110. The molecule has 0 atom stereocenters. The number of carbonyl (C=O) groups is 1. The Balaban J connectivity index is 1.89. The first-order valence-corrected chi connectivity index (χ1v) is 8.07. The second-order valence-electron chi connectivity index (χ2n) is 5.29. The first kappa shape index (κ1) is 14.4. The van der Waals surface area contributed by atoms with Crippen molar-refractivity contribution in [2.24, 2.45) is 0 Å². The standard InChI is InChI=1S/C17H17IN2O/c1-19-9-10-20(12-14-5-2-3-8-16(14)19)17(21)13-6-4-7-15(18)11-13/h2-8,11H,9-10,12H2,1H3. The van der Waals surface area contributed by atoms with Crippen LogP contribution in [0.15, 0.2) is 48.5 Å². The zero-order valence-electron chi connectivity index (χ0n) is 11.9. The van der Waals surface area contributed by atoms with E-state index in [1.165, 1.54) is 11.3 Å². The highest BCUT2D eigenvalue weighted by Crippen LogP contribution is 2.24. The molecule has 0 aromatic heterocycles. The molecule has 2 aromatic carbocycles. The SMILES string of the molecule is CN1CCN(C(=O)c2cccc(I)c2)Cc2ccccc21. The molecule has 0 radical (unpaired) electrons. The van der Waals surface area contributed by atoms with Gasteiger partial charge in [-0.15, -0.1) is 0 Å². The maximum Gasteiger partial charge on any atom is 0.254 e. The zero-order chi connectivity index (χ0) is 14.8. The number of rotatable bonds is 1. The van der Waals surface area contributed by atoms with E-state index >= 15 is 0 Å². The number of para-hydroxylation sites is 1. The Kier molecular flexibility index (Phi) is 4.14. The Labute approximate surface area is 138 Å². The lowest BCUT2D eigenvalue weighted by molar-refractivity contribution is 0.0751. The fourth-order valence-electron chi connectivity index (χ4n) is 2.67. The highest BCUT2D eigenvalue weighted by Gasteiger charge is 2.22. The van der Waals surface area contributed by atoms with Crippen molar-refractivity contribution >= 4 is 34.2 Å². The monoisotopic (exact) mass is 392 g/mol. The highest BCUT2D eigenvalue weighted by molar-refractivity contribution is 14.1. The van der Waals surface area contributed by atoms with E-state index < -0.39 is 0 Å². The molecule has 3 nitrogen and oxygen atoms in total. The van der Waals surface area contributed by atoms with Gasteiger partial charge in [-0.1, -0.05) is 24.3 Å². The fourth-order valence-corrected chi connectivity index (χ4v) is 3.21. The predicted octanol–water partition coefficient (Wildman–Crippen LogP) is 3.38. The van der Waals surface area contributed by atoms with Gasteiger partial charge in [0.25, 0.3) is 5.91 Å². The van der Waals surface area contributed by atoms with Gasteiger partial charge in [0.05, 0.1) is 0 Å². The molecule has 1 amide bonds. The molecule has 2 aromatic rings. The number of benzene rings is 2. The number of hydrogen-bond acceptors (Lipinski definition) is 2. The fraction of sp³-hybridized carbons (Fsp3) is 0.235. The lowest BCUT2D eigenvalue weighted by atomic mass is 10.1. The van der Waals surface area contributed by atoms with Gasteiger partial charge >= 0.3 is 0 Å². The summed E-state index contributed by atoms with van der Waals surface area (Å²) in [5.41, 5.74) is 3.19. The summed E-state index contributed by atoms with van der Waals surface area (Å²) in [4.78, 5) is 16.9. The van der Waals surface area contributed by atoms with Crippen LogP contribution in [0.1, 0.15) is 15.9 Å². The van der Waals surface area contributed by atoms with Crippen LogP contribution >= 0.6 is 22.6 Å². The second-order valence-corrected chi connectivity index (χ2v) is 6.53. The molecule has 0 aliphatic carbocycles. The van der Waals surface area contributed by atoms with Crippen LogP contribution in [0.25, 0.3) is 0 Å². The summed E-state index contributed by atoms with van der Waals surface area (Å²) in [7, 11) is 2.08. The lowest BCUT2D eigenvalue weighted by Crippen LogP contribution is -2.34. The molecule has 3 rings (SSSR count). The van der Waals surface area contributed by atoms with Gasteiger partial charge < -0.3 is 9.80 Å². The van der Waals surface area contributed by atoms with E-state index in [1.807, 2.05) is 41.3 Å². The maximum absolute atomic E-state index is 12.7. The summed E-state index contributed by atoms with van der Waals surface area (Å²) in [5, 5.41) is 0. The number of hydrogen-bond donors (Lipinski definition) is 0. The normalized spacial score (nSPS) is 14.6. The van der Waals surface area contributed by atoms with Gasteiger partial charge in [-0.2, -0.15) is 0 Å². The summed E-state index contributed by atoms with van der Waals surface area (Å²) in [6, 6.07) is 16.1. The topological polar surface area (TPSA) is 23.6 Å². The summed E-state index contributed by atoms with van der Waals surface area (Å²) < 4.78 is 1.09. The predicted molar refractivity (Wildman–Crippen MR) is 93.6 cm³/mol. The molecule has 0 saturated heterocycles. The van der Waals surface area contributed by atoms with Crippen molar-refractivity contribution in [2.75, 3.05) is 25.0 Å². The van der Waals surface area contributed by atoms with Crippen molar-refractivity contribution in [1.29, 1.82) is 0 Å². The molecule has 0 bridgehead atoms. The van der Waals surface area contributed by atoms with Gasteiger partial charge in [0, 0.05) is 41.5 Å². The molecule has 1 aliphatic rings. The van der Waals surface area contributed by atoms with Crippen LogP contribution in [0.5, 0.6) is 0 Å². The largest absolute Gasteiger partial charge is 0.373 e. The second kappa shape index (κ2) is 6.05. The van der Waals surface area contributed by atoms with E-state index in [0.29, 0.717) is 6.54 Å². The molecule has 108 valence electrons. The highest BCUT2D eigenvalue weighted by atomic mass is 127. The van der Waals surface area contributed by atoms with Crippen molar-refractivity contribution in [3.63, 3.8) is 0 Å². The number of halogens is 1. The lowest BCUT2D eigenvalue weighted by Gasteiger charge is -2.21. The number of amides is 1. The maximum atomic E-state index is 12.7. The van der Waals surface area contributed by atoms with E-state index in [2.05, 4.69) is 46.7 Å². The number of nitrogens with zero attached hydrogens (tertiary/aromatic N) is 2. The summed E-state index contributed by atoms with van der Waals surface area (Å²) in [6.45, 7) is 2.27. The van der Waals surface area contributed by atoms with Gasteiger partial charge in [-0.3, -0.25) is 4.79 Å². The van der Waals surface area contributed by atoms with Crippen LogP contribution in [0.4, 0.5) is 5.69 Å². The van der Waals surface area contributed by atoms with Crippen molar-refractivity contribution < 1.29 is 4.79 Å². The molecular weight excluding hydrogens is 375 g/mol. The molecule has 1 aliphatic heterocycles. The molecule has 0 N–H and O–H groups in total. The average molecular weight is 392 g/mol. The van der Waals surface area contributed by atoms with Gasteiger partial charge in [0.1, 0.15) is 0 Å². The molecule has 0 unspecified atom stereocenters. The Morgan fingerprint density at radius 1 is 1.10 bits per heavy atom. The third-order valence-corrected chi connectivity index (χ3v) is 4.50. The van der Waals surface area contributed by atoms with E-state index in [9.17, 15) is 4.79 Å². The molecule has 0 spiro atoms. The van der Waals surface area contributed by atoms with Gasteiger partial charge in [-0.25, -0.2) is 0 Å². The van der Waals surface area contributed by atoms with Crippen LogP contribution in [0, 0.1) is 3.57 Å². The van der Waals surface area contributed by atoms with Crippen LogP contribution in [-0.4, -0.2) is 30.9 Å². The minimum atomic E-state index is 0.110. The Hall–Kier alpha value is -1.56. The Bertz CT molecular complexity index is 671. The molecule has 0 fully saturated rings. The minimum Gasteiger partial charge on any atom is -0.373 e. The average Bonchev–Trinajstić information content (AvgIpc) is 2.66. The summed E-state index contributed by atoms with van der Waals surface area (Å²) in [6.07, 6.45) is 0. The van der Waals surface area contributed by atoms with Crippen LogP contribution in [0.2, 0.25) is 0 Å². The van der Waals surface area contributed by atoms with E-state index in [-0.39, 0.29) is 5.91 Å². The Morgan fingerprint density at radius 2 is 1.90 bits per heavy atom. The van der Waals surface area contributed by atoms with Crippen molar-refractivity contribution in [1.82, 2.24) is 4.90 Å². The summed E-state index contributed by atoms with van der Waals surface area (Å²) in [5.74, 6) is 0.110. The first-order chi connectivity index (χ1) is 10.1. The van der Waals surface area contributed by atoms with Crippen LogP contribution < -0.4 is 4.90 Å². The quantitative estimate of drug-likeness (QED) is 0.695.